The molecule has 1 aliphatic rings. The van der Waals surface area contributed by atoms with Crippen molar-refractivity contribution in [2.24, 2.45) is 0 Å². The molecule has 0 saturated carbocycles. The molecule has 0 N–H and O–H groups in total. The zero-order valence-corrected chi connectivity index (χ0v) is 10.7. The molecule has 0 amide bonds. The Morgan fingerprint density at radius 3 is 2.74 bits per heavy atom. The van der Waals surface area contributed by atoms with Crippen LogP contribution in [0.15, 0.2) is 11.1 Å². The predicted molar refractivity (Wildman–Crippen MR) is 59.0 cm³/mol. The van der Waals surface area contributed by atoms with Crippen LogP contribution >= 0.6 is 11.8 Å². The number of hydrogen-bond donors (Lipinski definition) is 0. The molecular weight excluding hydrogens is 305 g/mol. The Morgan fingerprint density at radius 2 is 2.16 bits per heavy atom. The molecule has 10 heteroatoms. The van der Waals surface area contributed by atoms with Gasteiger partial charge in [-0.2, -0.15) is 26.9 Å². The van der Waals surface area contributed by atoms with E-state index < -0.39 is 21.5 Å². The number of pyridine rings is 1. The lowest BCUT2D eigenvalue weighted by molar-refractivity contribution is -0.0501. The molecule has 1 aliphatic heterocycles. The van der Waals surface area contributed by atoms with Crippen LogP contribution in [0.1, 0.15) is 11.1 Å². The van der Waals surface area contributed by atoms with Gasteiger partial charge in [0, 0.05) is 16.8 Å². The molecule has 1 aromatic rings. The van der Waals surface area contributed by atoms with Crippen molar-refractivity contribution in [1.82, 2.24) is 4.98 Å². The standard InChI is InChI=1S/C9H5F3N2O3S2/c10-9(11,12)19(15,16)17-8-6(3-13)7-5(4-14-8)1-2-18-7/h4H,1-2H2. The lowest BCUT2D eigenvalue weighted by Gasteiger charge is -2.10. The third-order valence-corrected chi connectivity index (χ3v) is 4.38. The summed E-state index contributed by atoms with van der Waals surface area (Å²) < 4.78 is 62.3. The van der Waals surface area contributed by atoms with Gasteiger partial charge in [-0.05, 0) is 12.0 Å². The molecule has 0 atom stereocenters. The molecule has 102 valence electrons. The number of nitriles is 1. The van der Waals surface area contributed by atoms with Gasteiger partial charge in [-0.3, -0.25) is 0 Å². The van der Waals surface area contributed by atoms with Crippen LogP contribution in [0.25, 0.3) is 0 Å². The maximum atomic E-state index is 12.2. The molecule has 0 radical (unpaired) electrons. The molecule has 0 saturated heterocycles. The highest BCUT2D eigenvalue weighted by Crippen LogP contribution is 2.38. The van der Waals surface area contributed by atoms with Crippen LogP contribution in [0.5, 0.6) is 5.88 Å². The van der Waals surface area contributed by atoms with Crippen molar-refractivity contribution in [3.63, 3.8) is 0 Å². The lowest BCUT2D eigenvalue weighted by atomic mass is 10.2. The second kappa shape index (κ2) is 4.57. The van der Waals surface area contributed by atoms with Crippen molar-refractivity contribution < 1.29 is 25.8 Å². The minimum Gasteiger partial charge on any atom is -0.354 e. The van der Waals surface area contributed by atoms with Crippen LogP contribution in [-0.2, 0) is 16.5 Å². The van der Waals surface area contributed by atoms with E-state index in [0.29, 0.717) is 22.6 Å². The number of fused-ring (bicyclic) bond motifs is 1. The fraction of sp³-hybridized carbons (Fsp3) is 0.333. The van der Waals surface area contributed by atoms with E-state index in [-0.39, 0.29) is 5.56 Å². The van der Waals surface area contributed by atoms with Crippen LogP contribution in [0.4, 0.5) is 13.2 Å². The van der Waals surface area contributed by atoms with Crippen molar-refractivity contribution in [2.45, 2.75) is 16.8 Å². The molecule has 0 aliphatic carbocycles. The van der Waals surface area contributed by atoms with Gasteiger partial charge in [0.15, 0.2) is 0 Å². The summed E-state index contributed by atoms with van der Waals surface area (Å²) in [4.78, 5) is 3.90. The highest BCUT2D eigenvalue weighted by molar-refractivity contribution is 7.99. The molecule has 2 rings (SSSR count). The third kappa shape index (κ3) is 2.48. The Morgan fingerprint density at radius 1 is 1.47 bits per heavy atom. The molecule has 1 aromatic heterocycles. The number of aryl methyl sites for hydroxylation is 1. The zero-order chi connectivity index (χ0) is 14.3. The Balaban J connectivity index is 2.47. The SMILES string of the molecule is N#Cc1c(OS(=O)(=O)C(F)(F)F)ncc2c1SCC2. The fourth-order valence-electron chi connectivity index (χ4n) is 1.44. The molecule has 0 fully saturated rings. The average molecular weight is 310 g/mol. The number of nitrogens with zero attached hydrogens (tertiary/aromatic N) is 2. The molecule has 0 spiro atoms. The van der Waals surface area contributed by atoms with E-state index >= 15 is 0 Å². The van der Waals surface area contributed by atoms with E-state index in [2.05, 4.69) is 9.17 Å². The quantitative estimate of drug-likeness (QED) is 0.612. The Hall–Kier alpha value is -1.47. The first kappa shape index (κ1) is 14.0. The topological polar surface area (TPSA) is 80.0 Å². The van der Waals surface area contributed by atoms with Crippen LogP contribution < -0.4 is 4.18 Å². The summed E-state index contributed by atoms with van der Waals surface area (Å²) in [7, 11) is -5.82. The molecule has 2 heterocycles. The van der Waals surface area contributed by atoms with Crippen LogP contribution in [0, 0.1) is 11.3 Å². The van der Waals surface area contributed by atoms with E-state index in [1.54, 1.807) is 6.07 Å². The van der Waals surface area contributed by atoms with Crippen molar-refractivity contribution in [3.8, 4) is 11.9 Å². The monoisotopic (exact) mass is 310 g/mol. The maximum absolute atomic E-state index is 12.2. The normalized spacial score (nSPS) is 14.8. The highest BCUT2D eigenvalue weighted by atomic mass is 32.2. The third-order valence-electron chi connectivity index (χ3n) is 2.27. The summed E-state index contributed by atoms with van der Waals surface area (Å²) in [6.45, 7) is 0. The van der Waals surface area contributed by atoms with Crippen molar-refractivity contribution in [2.75, 3.05) is 5.75 Å². The number of thioether (sulfide) groups is 1. The van der Waals surface area contributed by atoms with E-state index in [0.717, 1.165) is 0 Å². The fourth-order valence-corrected chi connectivity index (χ4v) is 3.01. The maximum Gasteiger partial charge on any atom is 0.534 e. The molecule has 0 unspecified atom stereocenters. The summed E-state index contributed by atoms with van der Waals surface area (Å²) in [5.74, 6) is -0.186. The van der Waals surface area contributed by atoms with Crippen LogP contribution in [0.3, 0.4) is 0 Å². The number of hydrogen-bond acceptors (Lipinski definition) is 6. The van der Waals surface area contributed by atoms with E-state index in [1.165, 1.54) is 18.0 Å². The second-order valence-electron chi connectivity index (χ2n) is 3.49. The van der Waals surface area contributed by atoms with Crippen LogP contribution in [-0.4, -0.2) is 24.7 Å². The second-order valence-corrected chi connectivity index (χ2v) is 6.13. The average Bonchev–Trinajstić information content (AvgIpc) is 2.74. The summed E-state index contributed by atoms with van der Waals surface area (Å²) in [6.07, 6.45) is 1.84. The van der Waals surface area contributed by atoms with Crippen molar-refractivity contribution >= 4 is 21.9 Å². The highest BCUT2D eigenvalue weighted by Gasteiger charge is 2.49. The van der Waals surface area contributed by atoms with Crippen LogP contribution in [0.2, 0.25) is 0 Å². The van der Waals surface area contributed by atoms with Gasteiger partial charge in [-0.25, -0.2) is 4.98 Å². The first-order valence-electron chi connectivity index (χ1n) is 4.82. The minimum absolute atomic E-state index is 0.284. The Kier molecular flexibility index (Phi) is 3.36. The van der Waals surface area contributed by atoms with Gasteiger partial charge in [0.2, 0.25) is 0 Å². The summed E-state index contributed by atoms with van der Waals surface area (Å²) in [6, 6.07) is 1.63. The first-order chi connectivity index (χ1) is 8.76. The van der Waals surface area contributed by atoms with E-state index in [1.807, 2.05) is 0 Å². The number of alkyl halides is 3. The zero-order valence-electron chi connectivity index (χ0n) is 9.06. The lowest BCUT2D eigenvalue weighted by Crippen LogP contribution is -2.28. The molecule has 0 aromatic carbocycles. The number of rotatable bonds is 2. The van der Waals surface area contributed by atoms with Gasteiger partial charge in [0.1, 0.15) is 11.6 Å². The van der Waals surface area contributed by atoms with Gasteiger partial charge in [0.05, 0.1) is 0 Å². The molecule has 19 heavy (non-hydrogen) atoms. The number of aromatic nitrogens is 1. The minimum atomic E-state index is -5.82. The summed E-state index contributed by atoms with van der Waals surface area (Å²) >= 11 is 1.25. The van der Waals surface area contributed by atoms with Gasteiger partial charge in [-0.1, -0.05) is 0 Å². The number of halogens is 3. The molecule has 5 nitrogen and oxygen atoms in total. The first-order valence-corrected chi connectivity index (χ1v) is 7.21. The van der Waals surface area contributed by atoms with Gasteiger partial charge < -0.3 is 4.18 Å². The Labute approximate surface area is 110 Å². The summed E-state index contributed by atoms with van der Waals surface area (Å²) in [5, 5.41) is 8.92. The van der Waals surface area contributed by atoms with Gasteiger partial charge >= 0.3 is 15.6 Å². The van der Waals surface area contributed by atoms with E-state index in [4.69, 9.17) is 5.26 Å². The molecule has 0 bridgehead atoms. The van der Waals surface area contributed by atoms with Crippen molar-refractivity contribution in [3.05, 3.63) is 17.3 Å². The van der Waals surface area contributed by atoms with Gasteiger partial charge in [-0.15, -0.1) is 11.8 Å². The predicted octanol–water partition coefficient (Wildman–Crippen LogP) is 1.83. The molecular formula is C9H5F3N2O3S2. The van der Waals surface area contributed by atoms with E-state index in [9.17, 15) is 21.6 Å². The Bertz CT molecular complexity index is 665. The largest absolute Gasteiger partial charge is 0.534 e. The van der Waals surface area contributed by atoms with Crippen molar-refractivity contribution in [1.29, 1.82) is 5.26 Å². The summed E-state index contributed by atoms with van der Waals surface area (Å²) in [5.41, 5.74) is -5.15. The van der Waals surface area contributed by atoms with Gasteiger partial charge in [0.25, 0.3) is 5.88 Å². The smallest absolute Gasteiger partial charge is 0.354 e.